The standard InChI is InChI=1S/C20H16F2N4O/c21-15-7-9-17(10-8-15)25-20(24-13-18-6-1-2-11-23-18)26-19(27)14-4-3-5-16(22)12-14/h1-12H,13H2,(H2,24,25,26,27). The largest absolute Gasteiger partial charge is 0.326 e. The van der Waals surface area contributed by atoms with Gasteiger partial charge in [0.1, 0.15) is 11.6 Å². The van der Waals surface area contributed by atoms with E-state index in [2.05, 4.69) is 20.6 Å². The maximum Gasteiger partial charge on any atom is 0.258 e. The van der Waals surface area contributed by atoms with Gasteiger partial charge in [0.25, 0.3) is 5.91 Å². The molecule has 0 saturated carbocycles. The number of anilines is 1. The minimum Gasteiger partial charge on any atom is -0.326 e. The van der Waals surface area contributed by atoms with E-state index in [0.29, 0.717) is 11.4 Å². The second-order valence-corrected chi connectivity index (χ2v) is 5.58. The molecule has 0 aliphatic rings. The molecule has 0 unspecified atom stereocenters. The number of aromatic nitrogens is 1. The summed E-state index contributed by atoms with van der Waals surface area (Å²) in [6.07, 6.45) is 1.64. The van der Waals surface area contributed by atoms with Gasteiger partial charge in [-0.3, -0.25) is 15.1 Å². The molecule has 1 aromatic heterocycles. The first-order valence-electron chi connectivity index (χ1n) is 8.14. The molecule has 0 aliphatic heterocycles. The number of nitrogens with zero attached hydrogens (tertiary/aromatic N) is 2. The number of benzene rings is 2. The average Bonchev–Trinajstić information content (AvgIpc) is 2.68. The van der Waals surface area contributed by atoms with Crippen LogP contribution in [0.1, 0.15) is 16.1 Å². The Balaban J connectivity index is 1.79. The zero-order valence-corrected chi connectivity index (χ0v) is 14.2. The van der Waals surface area contributed by atoms with Crippen LogP contribution < -0.4 is 10.6 Å². The molecule has 2 N–H and O–H groups in total. The van der Waals surface area contributed by atoms with Crippen LogP contribution in [0.4, 0.5) is 14.5 Å². The lowest BCUT2D eigenvalue weighted by molar-refractivity contribution is 0.0976. The van der Waals surface area contributed by atoms with Crippen molar-refractivity contribution in [3.05, 3.63) is 95.8 Å². The van der Waals surface area contributed by atoms with Crippen LogP contribution >= 0.6 is 0 Å². The molecule has 7 heteroatoms. The summed E-state index contributed by atoms with van der Waals surface area (Å²) >= 11 is 0. The van der Waals surface area contributed by atoms with Gasteiger partial charge in [0.15, 0.2) is 0 Å². The van der Waals surface area contributed by atoms with Crippen LogP contribution in [0.15, 0.2) is 77.9 Å². The number of guanidine groups is 1. The highest BCUT2D eigenvalue weighted by Gasteiger charge is 2.10. The lowest BCUT2D eigenvalue weighted by Crippen LogP contribution is -2.36. The first kappa shape index (κ1) is 18.2. The van der Waals surface area contributed by atoms with Crippen LogP contribution in [0.5, 0.6) is 0 Å². The lowest BCUT2D eigenvalue weighted by Gasteiger charge is -2.12. The number of halogens is 2. The fraction of sp³-hybridized carbons (Fsp3) is 0.0500. The Morgan fingerprint density at radius 3 is 2.48 bits per heavy atom. The number of nitrogens with one attached hydrogen (secondary N) is 2. The molecule has 1 amide bonds. The fourth-order valence-electron chi connectivity index (χ4n) is 2.24. The Bertz CT molecular complexity index is 944. The van der Waals surface area contributed by atoms with Crippen LogP contribution in [0, 0.1) is 11.6 Å². The summed E-state index contributed by atoms with van der Waals surface area (Å²) in [5.41, 5.74) is 1.40. The van der Waals surface area contributed by atoms with Gasteiger partial charge in [0.05, 0.1) is 12.2 Å². The van der Waals surface area contributed by atoms with Crippen molar-refractivity contribution in [2.24, 2.45) is 4.99 Å². The molecule has 0 spiro atoms. The van der Waals surface area contributed by atoms with Gasteiger partial charge in [-0.15, -0.1) is 0 Å². The second kappa shape index (κ2) is 8.66. The van der Waals surface area contributed by atoms with Gasteiger partial charge in [-0.25, -0.2) is 13.8 Å². The summed E-state index contributed by atoms with van der Waals surface area (Å²) in [5.74, 6) is -1.28. The van der Waals surface area contributed by atoms with Crippen LogP contribution in [-0.4, -0.2) is 16.9 Å². The van der Waals surface area contributed by atoms with Crippen molar-refractivity contribution in [3.63, 3.8) is 0 Å². The Morgan fingerprint density at radius 2 is 1.78 bits per heavy atom. The molecule has 0 saturated heterocycles. The molecule has 27 heavy (non-hydrogen) atoms. The normalized spacial score (nSPS) is 11.1. The number of pyridine rings is 1. The highest BCUT2D eigenvalue weighted by Crippen LogP contribution is 2.09. The third kappa shape index (κ3) is 5.43. The Labute approximate surface area is 154 Å². The predicted octanol–water partition coefficient (Wildman–Crippen LogP) is 3.76. The Morgan fingerprint density at radius 1 is 0.963 bits per heavy atom. The average molecular weight is 366 g/mol. The lowest BCUT2D eigenvalue weighted by atomic mass is 10.2. The highest BCUT2D eigenvalue weighted by atomic mass is 19.1. The van der Waals surface area contributed by atoms with E-state index in [1.54, 1.807) is 18.3 Å². The van der Waals surface area contributed by atoms with Crippen molar-refractivity contribution in [1.29, 1.82) is 0 Å². The minimum absolute atomic E-state index is 0.140. The summed E-state index contributed by atoms with van der Waals surface area (Å²) in [6, 6.07) is 16.3. The molecule has 3 rings (SSSR count). The number of hydrogen-bond acceptors (Lipinski definition) is 3. The molecule has 0 bridgehead atoms. The van der Waals surface area contributed by atoms with E-state index in [0.717, 1.165) is 6.07 Å². The molecular formula is C20H16F2N4O. The molecule has 0 fully saturated rings. The summed E-state index contributed by atoms with van der Waals surface area (Å²) in [5, 5.41) is 5.53. The number of carbonyl (C=O) groups excluding carboxylic acids is 1. The summed E-state index contributed by atoms with van der Waals surface area (Å²) in [4.78, 5) is 20.9. The van der Waals surface area contributed by atoms with E-state index in [4.69, 9.17) is 0 Å². The minimum atomic E-state index is -0.524. The van der Waals surface area contributed by atoms with Crippen LogP contribution in [0.3, 0.4) is 0 Å². The third-order valence-corrected chi connectivity index (χ3v) is 3.55. The van der Waals surface area contributed by atoms with E-state index in [1.165, 1.54) is 42.5 Å². The van der Waals surface area contributed by atoms with Gasteiger partial charge in [-0.05, 0) is 54.6 Å². The van der Waals surface area contributed by atoms with Crippen LogP contribution in [0.25, 0.3) is 0 Å². The topological polar surface area (TPSA) is 66.4 Å². The van der Waals surface area contributed by atoms with Gasteiger partial charge < -0.3 is 5.32 Å². The van der Waals surface area contributed by atoms with Gasteiger partial charge in [-0.1, -0.05) is 12.1 Å². The molecule has 0 radical (unpaired) electrons. The fourth-order valence-corrected chi connectivity index (χ4v) is 2.24. The molecule has 2 aromatic carbocycles. The maximum atomic E-state index is 13.3. The molecule has 3 aromatic rings. The summed E-state index contributed by atoms with van der Waals surface area (Å²) < 4.78 is 26.4. The van der Waals surface area contributed by atoms with Crippen LogP contribution in [0.2, 0.25) is 0 Å². The molecule has 1 heterocycles. The van der Waals surface area contributed by atoms with Gasteiger partial charge in [0, 0.05) is 17.4 Å². The number of rotatable bonds is 4. The van der Waals surface area contributed by atoms with Crippen molar-refractivity contribution < 1.29 is 13.6 Å². The number of carbonyl (C=O) groups is 1. The monoisotopic (exact) mass is 366 g/mol. The summed E-state index contributed by atoms with van der Waals surface area (Å²) in [6.45, 7) is 0.216. The molecule has 5 nitrogen and oxygen atoms in total. The smallest absolute Gasteiger partial charge is 0.258 e. The number of amides is 1. The van der Waals surface area contributed by atoms with E-state index in [9.17, 15) is 13.6 Å². The van der Waals surface area contributed by atoms with E-state index in [1.807, 2.05) is 6.07 Å². The van der Waals surface area contributed by atoms with Gasteiger partial charge in [-0.2, -0.15) is 0 Å². The van der Waals surface area contributed by atoms with Crippen molar-refractivity contribution in [1.82, 2.24) is 10.3 Å². The van der Waals surface area contributed by atoms with Crippen molar-refractivity contribution >= 4 is 17.6 Å². The Hall–Kier alpha value is -3.61. The second-order valence-electron chi connectivity index (χ2n) is 5.58. The Kier molecular flexibility index (Phi) is 5.84. The van der Waals surface area contributed by atoms with Gasteiger partial charge in [0.2, 0.25) is 5.96 Å². The molecule has 136 valence electrons. The van der Waals surface area contributed by atoms with Crippen molar-refractivity contribution in [2.45, 2.75) is 6.54 Å². The SMILES string of the molecule is O=C(NC(=NCc1ccccn1)Nc1ccc(F)cc1)c1cccc(F)c1. The summed E-state index contributed by atoms with van der Waals surface area (Å²) in [7, 11) is 0. The number of aliphatic imine (C=N–C) groups is 1. The zero-order valence-electron chi connectivity index (χ0n) is 14.2. The number of hydrogen-bond donors (Lipinski definition) is 2. The van der Waals surface area contributed by atoms with E-state index < -0.39 is 11.7 Å². The molecule has 0 atom stereocenters. The van der Waals surface area contributed by atoms with E-state index in [-0.39, 0.29) is 23.9 Å². The van der Waals surface area contributed by atoms with Crippen molar-refractivity contribution in [3.8, 4) is 0 Å². The maximum absolute atomic E-state index is 13.3. The highest BCUT2D eigenvalue weighted by molar-refractivity contribution is 6.09. The van der Waals surface area contributed by atoms with Crippen molar-refractivity contribution in [2.75, 3.05) is 5.32 Å². The first-order valence-corrected chi connectivity index (χ1v) is 8.14. The quantitative estimate of drug-likeness (QED) is 0.546. The van der Waals surface area contributed by atoms with E-state index >= 15 is 0 Å². The third-order valence-electron chi connectivity index (χ3n) is 3.55. The van der Waals surface area contributed by atoms with Crippen LogP contribution in [-0.2, 0) is 6.54 Å². The zero-order chi connectivity index (χ0) is 19.1. The first-order chi connectivity index (χ1) is 13.1. The molecule has 0 aliphatic carbocycles. The predicted molar refractivity (Wildman–Crippen MR) is 99.3 cm³/mol. The molecular weight excluding hydrogens is 350 g/mol. The van der Waals surface area contributed by atoms with Gasteiger partial charge >= 0.3 is 0 Å².